The summed E-state index contributed by atoms with van der Waals surface area (Å²) in [6.45, 7) is 2.00. The quantitative estimate of drug-likeness (QED) is 0.576. The third-order valence-electron chi connectivity index (χ3n) is 3.40. The van der Waals surface area contributed by atoms with Gasteiger partial charge in [0.15, 0.2) is 5.76 Å². The Balaban J connectivity index is 2.14. The Labute approximate surface area is 148 Å². The number of hydrogen-bond donors (Lipinski definition) is 0. The van der Waals surface area contributed by atoms with Crippen molar-refractivity contribution in [2.24, 2.45) is 0 Å². The van der Waals surface area contributed by atoms with Gasteiger partial charge in [-0.05, 0) is 43.3 Å². The summed E-state index contributed by atoms with van der Waals surface area (Å²) >= 11 is 11.8. The van der Waals surface area contributed by atoms with Gasteiger partial charge in [0.25, 0.3) is 0 Å². The maximum Gasteiger partial charge on any atom is 0.344 e. The van der Waals surface area contributed by atoms with Gasteiger partial charge in [0, 0.05) is 21.2 Å². The van der Waals surface area contributed by atoms with Crippen LogP contribution in [0.1, 0.15) is 17.3 Å². The van der Waals surface area contributed by atoms with Gasteiger partial charge in [-0.3, -0.25) is 0 Å². The van der Waals surface area contributed by atoms with E-state index >= 15 is 0 Å². The smallest absolute Gasteiger partial charge is 0.344 e. The van der Waals surface area contributed by atoms with Gasteiger partial charge >= 0.3 is 5.97 Å². The standard InChI is InChI=1S/C18H13Cl2NO3/c1-2-23-18(22)15-16(11-3-7-13(19)8-4-11)21-24-17(15)12-5-9-14(20)10-6-12/h3-10H,2H2,1H3. The molecule has 0 fully saturated rings. The van der Waals surface area contributed by atoms with Crippen LogP contribution >= 0.6 is 23.2 Å². The van der Waals surface area contributed by atoms with Gasteiger partial charge in [0.2, 0.25) is 0 Å². The van der Waals surface area contributed by atoms with Crippen LogP contribution in [0, 0.1) is 0 Å². The van der Waals surface area contributed by atoms with Crippen LogP contribution in [0.15, 0.2) is 53.1 Å². The van der Waals surface area contributed by atoms with Gasteiger partial charge in [-0.2, -0.15) is 0 Å². The van der Waals surface area contributed by atoms with Crippen molar-refractivity contribution >= 4 is 29.2 Å². The number of benzene rings is 2. The number of ether oxygens (including phenoxy) is 1. The third-order valence-corrected chi connectivity index (χ3v) is 3.90. The Morgan fingerprint density at radius 1 is 1.00 bits per heavy atom. The topological polar surface area (TPSA) is 52.3 Å². The molecule has 3 rings (SSSR count). The van der Waals surface area contributed by atoms with Crippen molar-refractivity contribution in [3.8, 4) is 22.6 Å². The van der Waals surface area contributed by atoms with Crippen molar-refractivity contribution in [1.82, 2.24) is 5.16 Å². The maximum absolute atomic E-state index is 12.5. The number of rotatable bonds is 4. The number of carbonyl (C=O) groups is 1. The molecule has 122 valence electrons. The molecule has 0 N–H and O–H groups in total. The molecule has 0 saturated heterocycles. The van der Waals surface area contributed by atoms with E-state index in [2.05, 4.69) is 5.16 Å². The number of nitrogens with zero attached hydrogens (tertiary/aromatic N) is 1. The summed E-state index contributed by atoms with van der Waals surface area (Å²) in [6.07, 6.45) is 0. The second kappa shape index (κ2) is 7.07. The lowest BCUT2D eigenvalue weighted by molar-refractivity contribution is 0.0527. The Morgan fingerprint density at radius 2 is 1.54 bits per heavy atom. The average molecular weight is 362 g/mol. The van der Waals surface area contributed by atoms with Crippen LogP contribution < -0.4 is 0 Å². The molecular weight excluding hydrogens is 349 g/mol. The summed E-state index contributed by atoms with van der Waals surface area (Å²) in [5, 5.41) is 5.25. The van der Waals surface area contributed by atoms with Crippen molar-refractivity contribution in [3.63, 3.8) is 0 Å². The van der Waals surface area contributed by atoms with E-state index in [0.717, 1.165) is 0 Å². The maximum atomic E-state index is 12.5. The van der Waals surface area contributed by atoms with Gasteiger partial charge < -0.3 is 9.26 Å². The van der Waals surface area contributed by atoms with Gasteiger partial charge in [0.1, 0.15) is 11.3 Å². The Bertz CT molecular complexity index is 792. The van der Waals surface area contributed by atoms with Crippen LogP contribution in [-0.4, -0.2) is 17.7 Å². The first-order valence-electron chi connectivity index (χ1n) is 7.29. The highest BCUT2D eigenvalue weighted by molar-refractivity contribution is 6.31. The monoisotopic (exact) mass is 361 g/mol. The molecule has 0 atom stereocenters. The van der Waals surface area contributed by atoms with E-state index in [-0.39, 0.29) is 12.2 Å². The summed E-state index contributed by atoms with van der Waals surface area (Å²) in [5.74, 6) is -0.149. The minimum atomic E-state index is -0.492. The molecule has 0 aliphatic carbocycles. The first-order valence-corrected chi connectivity index (χ1v) is 8.04. The van der Waals surface area contributed by atoms with E-state index in [9.17, 15) is 4.79 Å². The molecule has 1 heterocycles. The largest absolute Gasteiger partial charge is 0.462 e. The molecule has 0 spiro atoms. The highest BCUT2D eigenvalue weighted by Gasteiger charge is 2.26. The van der Waals surface area contributed by atoms with E-state index in [4.69, 9.17) is 32.5 Å². The normalized spacial score (nSPS) is 10.6. The average Bonchev–Trinajstić information content (AvgIpc) is 3.01. The zero-order valence-electron chi connectivity index (χ0n) is 12.8. The molecule has 2 aromatic carbocycles. The highest BCUT2D eigenvalue weighted by atomic mass is 35.5. The predicted octanol–water partition coefficient (Wildman–Crippen LogP) is 5.49. The Kier molecular flexibility index (Phi) is 4.88. The minimum absolute atomic E-state index is 0.254. The van der Waals surface area contributed by atoms with E-state index in [0.29, 0.717) is 32.6 Å². The predicted molar refractivity (Wildman–Crippen MR) is 93.4 cm³/mol. The molecule has 0 aliphatic heterocycles. The fraction of sp³-hybridized carbons (Fsp3) is 0.111. The fourth-order valence-corrected chi connectivity index (χ4v) is 2.54. The van der Waals surface area contributed by atoms with E-state index in [1.807, 2.05) is 0 Å². The number of halogens is 2. The van der Waals surface area contributed by atoms with Crippen molar-refractivity contribution in [2.75, 3.05) is 6.61 Å². The van der Waals surface area contributed by atoms with Crippen LogP contribution in [0.25, 0.3) is 22.6 Å². The van der Waals surface area contributed by atoms with Crippen molar-refractivity contribution in [2.45, 2.75) is 6.92 Å². The Morgan fingerprint density at radius 3 is 2.08 bits per heavy atom. The van der Waals surface area contributed by atoms with Crippen LogP contribution in [0.5, 0.6) is 0 Å². The molecule has 0 saturated carbocycles. The molecule has 1 aromatic heterocycles. The SMILES string of the molecule is CCOC(=O)c1c(-c2ccc(Cl)cc2)noc1-c1ccc(Cl)cc1. The van der Waals surface area contributed by atoms with Gasteiger partial charge in [-0.1, -0.05) is 40.5 Å². The fourth-order valence-electron chi connectivity index (χ4n) is 2.29. The molecule has 0 unspecified atom stereocenters. The van der Waals surface area contributed by atoms with Crippen molar-refractivity contribution in [3.05, 3.63) is 64.1 Å². The molecule has 3 aromatic rings. The molecule has 6 heteroatoms. The van der Waals surface area contributed by atoms with Crippen molar-refractivity contribution < 1.29 is 14.1 Å². The van der Waals surface area contributed by atoms with Gasteiger partial charge in [-0.15, -0.1) is 0 Å². The number of carbonyl (C=O) groups excluding carboxylic acids is 1. The van der Waals surface area contributed by atoms with E-state index < -0.39 is 5.97 Å². The van der Waals surface area contributed by atoms with Crippen molar-refractivity contribution in [1.29, 1.82) is 0 Å². The lowest BCUT2D eigenvalue weighted by atomic mass is 10.0. The summed E-state index contributed by atoms with van der Waals surface area (Å²) in [7, 11) is 0. The molecular formula is C18H13Cl2NO3. The van der Waals surface area contributed by atoms with Gasteiger partial charge in [-0.25, -0.2) is 4.79 Å². The number of hydrogen-bond acceptors (Lipinski definition) is 4. The zero-order chi connectivity index (χ0) is 17.1. The first kappa shape index (κ1) is 16.6. The summed E-state index contributed by atoms with van der Waals surface area (Å²) in [5.41, 5.74) is 2.10. The Hall–Kier alpha value is -2.30. The van der Waals surface area contributed by atoms with Crippen LogP contribution in [0.4, 0.5) is 0 Å². The molecule has 24 heavy (non-hydrogen) atoms. The lowest BCUT2D eigenvalue weighted by Crippen LogP contribution is -2.06. The molecule has 0 amide bonds. The van der Waals surface area contributed by atoms with Crippen LogP contribution in [0.3, 0.4) is 0 Å². The van der Waals surface area contributed by atoms with E-state index in [1.165, 1.54) is 0 Å². The number of aromatic nitrogens is 1. The summed E-state index contributed by atoms with van der Waals surface area (Å²) in [6, 6.07) is 14.0. The highest BCUT2D eigenvalue weighted by Crippen LogP contribution is 2.33. The minimum Gasteiger partial charge on any atom is -0.462 e. The summed E-state index contributed by atoms with van der Waals surface area (Å²) < 4.78 is 10.6. The summed E-state index contributed by atoms with van der Waals surface area (Å²) in [4.78, 5) is 12.5. The first-order chi connectivity index (χ1) is 11.6. The number of esters is 1. The van der Waals surface area contributed by atoms with Crippen LogP contribution in [-0.2, 0) is 4.74 Å². The van der Waals surface area contributed by atoms with E-state index in [1.54, 1.807) is 55.5 Å². The van der Waals surface area contributed by atoms with Gasteiger partial charge in [0.05, 0.1) is 6.61 Å². The lowest BCUT2D eigenvalue weighted by Gasteiger charge is -2.05. The molecule has 0 radical (unpaired) electrons. The second-order valence-electron chi connectivity index (χ2n) is 4.97. The zero-order valence-corrected chi connectivity index (χ0v) is 14.3. The third kappa shape index (κ3) is 3.30. The molecule has 0 bridgehead atoms. The molecule has 0 aliphatic rings. The second-order valence-corrected chi connectivity index (χ2v) is 5.84. The molecule has 4 nitrogen and oxygen atoms in total. The van der Waals surface area contributed by atoms with Crippen LogP contribution in [0.2, 0.25) is 10.0 Å².